The van der Waals surface area contributed by atoms with Crippen molar-refractivity contribution in [3.05, 3.63) is 53.0 Å². The number of hydrogen-bond donors (Lipinski definition) is 1. The molecule has 1 aromatic heterocycles. The first kappa shape index (κ1) is 18.0. The number of carbonyl (C=O) groups is 1. The smallest absolute Gasteiger partial charge is 0.251 e. The first-order chi connectivity index (χ1) is 13.2. The number of benzene rings is 1. The van der Waals surface area contributed by atoms with Crippen molar-refractivity contribution in [2.45, 2.75) is 45.4 Å². The molecule has 1 fully saturated rings. The highest BCUT2D eigenvalue weighted by Gasteiger charge is 2.26. The molecule has 1 unspecified atom stereocenters. The van der Waals surface area contributed by atoms with Crippen molar-refractivity contribution < 1.29 is 4.79 Å². The third kappa shape index (κ3) is 4.12. The summed E-state index contributed by atoms with van der Waals surface area (Å²) in [6.45, 7) is 4.72. The molecule has 0 radical (unpaired) electrons. The minimum Gasteiger partial charge on any atom is -0.356 e. The van der Waals surface area contributed by atoms with E-state index in [9.17, 15) is 4.79 Å². The number of aromatic nitrogens is 2. The van der Waals surface area contributed by atoms with Gasteiger partial charge in [-0.2, -0.15) is 0 Å². The lowest BCUT2D eigenvalue weighted by molar-refractivity contribution is 0.0945. The third-order valence-corrected chi connectivity index (χ3v) is 5.68. The number of piperidine rings is 1. The lowest BCUT2D eigenvalue weighted by Gasteiger charge is -2.35. The van der Waals surface area contributed by atoms with Gasteiger partial charge in [0.2, 0.25) is 0 Å². The van der Waals surface area contributed by atoms with Crippen LogP contribution in [-0.4, -0.2) is 35.5 Å². The summed E-state index contributed by atoms with van der Waals surface area (Å²) in [6.07, 6.45) is 6.93. The van der Waals surface area contributed by atoms with Crippen molar-refractivity contribution in [2.75, 3.05) is 24.5 Å². The largest absolute Gasteiger partial charge is 0.356 e. The second-order valence-corrected chi connectivity index (χ2v) is 7.76. The van der Waals surface area contributed by atoms with Gasteiger partial charge >= 0.3 is 0 Å². The fraction of sp³-hybridized carbons (Fsp3) is 0.500. The number of fused-ring (bicyclic) bond motifs is 1. The fourth-order valence-electron chi connectivity index (χ4n) is 4.31. The predicted molar refractivity (Wildman–Crippen MR) is 107 cm³/mol. The van der Waals surface area contributed by atoms with E-state index in [1.807, 2.05) is 37.3 Å². The summed E-state index contributed by atoms with van der Waals surface area (Å²) in [5.74, 6) is 2.50. The molecule has 0 saturated carbocycles. The van der Waals surface area contributed by atoms with Crippen LogP contribution in [0.2, 0.25) is 0 Å². The molecule has 5 heteroatoms. The summed E-state index contributed by atoms with van der Waals surface area (Å²) in [4.78, 5) is 24.3. The van der Waals surface area contributed by atoms with E-state index < -0.39 is 0 Å². The van der Waals surface area contributed by atoms with Crippen LogP contribution in [0, 0.1) is 12.8 Å². The molecule has 4 rings (SSSR count). The lowest BCUT2D eigenvalue weighted by atomic mass is 9.93. The van der Waals surface area contributed by atoms with Crippen LogP contribution in [0.1, 0.15) is 53.1 Å². The molecule has 2 heterocycles. The SMILES string of the molecule is Cc1nc2c(c(N3CCCC(CNC(=O)c4ccccc4)C3)n1)CCCC2. The molecule has 1 saturated heterocycles. The van der Waals surface area contributed by atoms with Gasteiger partial charge in [-0.3, -0.25) is 4.79 Å². The highest BCUT2D eigenvalue weighted by molar-refractivity contribution is 5.94. The van der Waals surface area contributed by atoms with Gasteiger partial charge in [0.1, 0.15) is 11.6 Å². The number of amides is 1. The maximum Gasteiger partial charge on any atom is 0.251 e. The topological polar surface area (TPSA) is 58.1 Å². The monoisotopic (exact) mass is 364 g/mol. The second-order valence-electron chi connectivity index (χ2n) is 7.76. The van der Waals surface area contributed by atoms with E-state index in [4.69, 9.17) is 4.98 Å². The van der Waals surface area contributed by atoms with Crippen molar-refractivity contribution in [1.29, 1.82) is 0 Å². The van der Waals surface area contributed by atoms with Gasteiger partial charge in [-0.1, -0.05) is 18.2 Å². The zero-order chi connectivity index (χ0) is 18.6. The van der Waals surface area contributed by atoms with E-state index in [1.54, 1.807) is 0 Å². The van der Waals surface area contributed by atoms with Gasteiger partial charge in [0.25, 0.3) is 5.91 Å². The Morgan fingerprint density at radius 3 is 2.81 bits per heavy atom. The van der Waals surface area contributed by atoms with Crippen LogP contribution in [0.3, 0.4) is 0 Å². The van der Waals surface area contributed by atoms with Crippen LogP contribution >= 0.6 is 0 Å². The average molecular weight is 364 g/mol. The summed E-state index contributed by atoms with van der Waals surface area (Å²) in [6, 6.07) is 9.45. The van der Waals surface area contributed by atoms with Gasteiger partial charge in [-0.05, 0) is 63.5 Å². The number of carbonyl (C=O) groups excluding carboxylic acids is 1. The number of anilines is 1. The number of rotatable bonds is 4. The Kier molecular flexibility index (Phi) is 5.37. The van der Waals surface area contributed by atoms with Crippen molar-refractivity contribution >= 4 is 11.7 Å². The van der Waals surface area contributed by atoms with Crippen LogP contribution < -0.4 is 10.2 Å². The highest BCUT2D eigenvalue weighted by Crippen LogP contribution is 2.30. The van der Waals surface area contributed by atoms with Gasteiger partial charge in [0.15, 0.2) is 0 Å². The highest BCUT2D eigenvalue weighted by atomic mass is 16.1. The van der Waals surface area contributed by atoms with Crippen molar-refractivity contribution in [2.24, 2.45) is 5.92 Å². The number of nitrogens with zero attached hydrogens (tertiary/aromatic N) is 3. The van der Waals surface area contributed by atoms with Crippen molar-refractivity contribution in [3.63, 3.8) is 0 Å². The normalized spacial score (nSPS) is 19.4. The van der Waals surface area contributed by atoms with Crippen LogP contribution in [0.15, 0.2) is 30.3 Å². The number of aryl methyl sites for hydroxylation is 2. The van der Waals surface area contributed by atoms with Gasteiger partial charge in [-0.15, -0.1) is 0 Å². The van der Waals surface area contributed by atoms with Crippen LogP contribution in [-0.2, 0) is 12.8 Å². The zero-order valence-corrected chi connectivity index (χ0v) is 16.1. The molecule has 2 aliphatic rings. The minimum atomic E-state index is 0.0167. The van der Waals surface area contributed by atoms with Gasteiger partial charge < -0.3 is 10.2 Å². The Morgan fingerprint density at radius 1 is 1.15 bits per heavy atom. The number of hydrogen-bond acceptors (Lipinski definition) is 4. The zero-order valence-electron chi connectivity index (χ0n) is 16.1. The molecule has 0 bridgehead atoms. The third-order valence-electron chi connectivity index (χ3n) is 5.68. The Balaban J connectivity index is 1.43. The molecular formula is C22H28N4O. The predicted octanol–water partition coefficient (Wildman–Crippen LogP) is 3.31. The number of nitrogens with one attached hydrogen (secondary N) is 1. The van der Waals surface area contributed by atoms with Crippen molar-refractivity contribution in [1.82, 2.24) is 15.3 Å². The van der Waals surface area contributed by atoms with E-state index in [1.165, 1.54) is 24.1 Å². The molecule has 2 aromatic rings. The molecule has 1 amide bonds. The van der Waals surface area contributed by atoms with E-state index in [0.717, 1.165) is 62.5 Å². The van der Waals surface area contributed by atoms with E-state index in [2.05, 4.69) is 15.2 Å². The molecule has 27 heavy (non-hydrogen) atoms. The molecule has 1 aliphatic heterocycles. The fourth-order valence-corrected chi connectivity index (χ4v) is 4.31. The summed E-state index contributed by atoms with van der Waals surface area (Å²) in [5.41, 5.74) is 3.34. The lowest BCUT2D eigenvalue weighted by Crippen LogP contribution is -2.42. The maximum absolute atomic E-state index is 12.3. The Morgan fingerprint density at radius 2 is 1.96 bits per heavy atom. The summed E-state index contributed by atoms with van der Waals surface area (Å²) in [7, 11) is 0. The molecule has 1 N–H and O–H groups in total. The molecule has 142 valence electrons. The Hall–Kier alpha value is -2.43. The minimum absolute atomic E-state index is 0.0167. The molecule has 5 nitrogen and oxygen atoms in total. The molecule has 1 aliphatic carbocycles. The summed E-state index contributed by atoms with van der Waals surface area (Å²) < 4.78 is 0. The molecule has 1 aromatic carbocycles. The average Bonchev–Trinajstić information content (AvgIpc) is 2.72. The Labute approximate surface area is 161 Å². The van der Waals surface area contributed by atoms with Gasteiger partial charge in [-0.25, -0.2) is 9.97 Å². The summed E-state index contributed by atoms with van der Waals surface area (Å²) >= 11 is 0. The second kappa shape index (κ2) is 8.07. The van der Waals surface area contributed by atoms with Crippen molar-refractivity contribution in [3.8, 4) is 0 Å². The van der Waals surface area contributed by atoms with Crippen LogP contribution in [0.25, 0.3) is 0 Å². The standard InChI is InChI=1S/C22H28N4O/c1-16-24-20-12-6-5-11-19(20)21(25-16)26-13-7-8-17(15-26)14-23-22(27)18-9-3-2-4-10-18/h2-4,9-10,17H,5-8,11-15H2,1H3,(H,23,27). The molecule has 1 atom stereocenters. The molecule has 0 spiro atoms. The van der Waals surface area contributed by atoms with E-state index in [0.29, 0.717) is 5.92 Å². The van der Waals surface area contributed by atoms with Crippen LogP contribution in [0.4, 0.5) is 5.82 Å². The van der Waals surface area contributed by atoms with Crippen LogP contribution in [0.5, 0.6) is 0 Å². The van der Waals surface area contributed by atoms with E-state index in [-0.39, 0.29) is 5.91 Å². The first-order valence-corrected chi connectivity index (χ1v) is 10.2. The van der Waals surface area contributed by atoms with Gasteiger partial charge in [0.05, 0.1) is 0 Å². The maximum atomic E-state index is 12.3. The Bertz CT molecular complexity index is 805. The molecular weight excluding hydrogens is 336 g/mol. The van der Waals surface area contributed by atoms with Gasteiger partial charge in [0, 0.05) is 36.5 Å². The quantitative estimate of drug-likeness (QED) is 0.904. The first-order valence-electron chi connectivity index (χ1n) is 10.2. The summed E-state index contributed by atoms with van der Waals surface area (Å²) in [5, 5.41) is 3.12. The van der Waals surface area contributed by atoms with E-state index >= 15 is 0 Å².